The molecular formula is C16H22O3. The van der Waals surface area contributed by atoms with E-state index in [-0.39, 0.29) is 23.4 Å². The molecule has 104 valence electrons. The highest BCUT2D eigenvalue weighted by atomic mass is 16.5. The molecule has 0 fully saturated rings. The van der Waals surface area contributed by atoms with Gasteiger partial charge in [0.15, 0.2) is 5.78 Å². The molecular weight excluding hydrogens is 240 g/mol. The summed E-state index contributed by atoms with van der Waals surface area (Å²) < 4.78 is 5.22. The summed E-state index contributed by atoms with van der Waals surface area (Å²) in [5.41, 5.74) is 1.51. The quantitative estimate of drug-likeness (QED) is 0.602. The second-order valence-corrected chi connectivity index (χ2v) is 5.66. The molecule has 1 aromatic rings. The fourth-order valence-corrected chi connectivity index (χ4v) is 1.79. The molecule has 0 bridgehead atoms. The fraction of sp³-hybridized carbons (Fsp3) is 0.500. The van der Waals surface area contributed by atoms with Crippen LogP contribution in [0.4, 0.5) is 0 Å². The Hall–Kier alpha value is -1.64. The summed E-state index contributed by atoms with van der Waals surface area (Å²) in [4.78, 5) is 23.6. The Morgan fingerprint density at radius 1 is 1.21 bits per heavy atom. The van der Waals surface area contributed by atoms with Gasteiger partial charge in [-0.25, -0.2) is 0 Å². The van der Waals surface area contributed by atoms with Crippen LogP contribution in [0.1, 0.15) is 56.5 Å². The average Bonchev–Trinajstić information content (AvgIpc) is 2.36. The molecule has 0 saturated heterocycles. The minimum absolute atomic E-state index is 0.0456. The molecule has 0 aliphatic rings. The lowest BCUT2D eigenvalue weighted by Crippen LogP contribution is -2.14. The Kier molecular flexibility index (Phi) is 4.87. The number of rotatable bonds is 5. The number of ether oxygens (including phenoxy) is 1. The fourth-order valence-electron chi connectivity index (χ4n) is 1.79. The molecule has 0 heterocycles. The van der Waals surface area contributed by atoms with E-state index in [1.165, 1.54) is 7.11 Å². The van der Waals surface area contributed by atoms with E-state index in [4.69, 9.17) is 4.74 Å². The topological polar surface area (TPSA) is 43.4 Å². The van der Waals surface area contributed by atoms with Gasteiger partial charge < -0.3 is 4.74 Å². The van der Waals surface area contributed by atoms with Gasteiger partial charge in [-0.05, 0) is 23.1 Å². The third-order valence-electron chi connectivity index (χ3n) is 3.12. The molecule has 0 aliphatic carbocycles. The minimum Gasteiger partial charge on any atom is -0.496 e. The number of benzene rings is 1. The number of hydrogen-bond donors (Lipinski definition) is 0. The number of carbonyl (C=O) groups excluding carboxylic acids is 2. The summed E-state index contributed by atoms with van der Waals surface area (Å²) in [6.07, 6.45) is 0.327. The van der Waals surface area contributed by atoms with Crippen LogP contribution >= 0.6 is 0 Å². The van der Waals surface area contributed by atoms with Gasteiger partial charge in [0.25, 0.3) is 0 Å². The Morgan fingerprint density at radius 2 is 1.84 bits per heavy atom. The summed E-state index contributed by atoms with van der Waals surface area (Å²) in [7, 11) is 1.53. The maximum Gasteiger partial charge on any atom is 0.173 e. The van der Waals surface area contributed by atoms with E-state index in [9.17, 15) is 9.59 Å². The largest absolute Gasteiger partial charge is 0.496 e. The van der Waals surface area contributed by atoms with Gasteiger partial charge in [0.1, 0.15) is 11.5 Å². The van der Waals surface area contributed by atoms with Crippen molar-refractivity contribution in [2.75, 3.05) is 7.11 Å². The monoisotopic (exact) mass is 262 g/mol. The Balaban J connectivity index is 3.16. The lowest BCUT2D eigenvalue weighted by molar-refractivity contribution is -0.117. The van der Waals surface area contributed by atoms with Gasteiger partial charge >= 0.3 is 0 Å². The van der Waals surface area contributed by atoms with Crippen molar-refractivity contribution >= 4 is 11.6 Å². The standard InChI is InChI=1S/C16H22O3/c1-6-12(17)10-14(18)13-9-11(16(2,3)4)7-8-15(13)19-5/h7-9H,6,10H2,1-5H3. The Labute approximate surface area is 115 Å². The van der Waals surface area contributed by atoms with Crippen LogP contribution in [0.3, 0.4) is 0 Å². The molecule has 1 rings (SSSR count). The summed E-state index contributed by atoms with van der Waals surface area (Å²) in [6.45, 7) is 8.01. The first-order chi connectivity index (χ1) is 8.79. The van der Waals surface area contributed by atoms with Crippen molar-refractivity contribution in [2.45, 2.75) is 46.0 Å². The maximum absolute atomic E-state index is 12.2. The average molecular weight is 262 g/mol. The number of carbonyl (C=O) groups is 2. The van der Waals surface area contributed by atoms with E-state index in [1.54, 1.807) is 13.0 Å². The molecule has 1 aromatic carbocycles. The van der Waals surface area contributed by atoms with E-state index in [0.717, 1.165) is 5.56 Å². The molecule has 0 N–H and O–H groups in total. The summed E-state index contributed by atoms with van der Waals surface area (Å²) in [5, 5.41) is 0. The molecule has 3 nitrogen and oxygen atoms in total. The normalized spacial score (nSPS) is 11.2. The Bertz CT molecular complexity index is 481. The van der Waals surface area contributed by atoms with Crippen LogP contribution in [-0.2, 0) is 10.2 Å². The van der Waals surface area contributed by atoms with Gasteiger partial charge in [0.05, 0.1) is 19.1 Å². The molecule has 19 heavy (non-hydrogen) atoms. The molecule has 0 amide bonds. The molecule has 0 spiro atoms. The molecule has 3 heteroatoms. The number of hydrogen-bond acceptors (Lipinski definition) is 3. The van der Waals surface area contributed by atoms with Gasteiger partial charge in [-0.2, -0.15) is 0 Å². The van der Waals surface area contributed by atoms with E-state index in [2.05, 4.69) is 20.8 Å². The zero-order valence-corrected chi connectivity index (χ0v) is 12.4. The molecule has 0 aliphatic heterocycles. The first kappa shape index (κ1) is 15.4. The molecule has 0 atom stereocenters. The van der Waals surface area contributed by atoms with Crippen molar-refractivity contribution in [1.82, 2.24) is 0 Å². The number of ketones is 2. The predicted molar refractivity (Wildman–Crippen MR) is 75.9 cm³/mol. The molecule has 0 aromatic heterocycles. The van der Waals surface area contributed by atoms with Crippen molar-refractivity contribution in [2.24, 2.45) is 0 Å². The van der Waals surface area contributed by atoms with Crippen LogP contribution in [-0.4, -0.2) is 18.7 Å². The van der Waals surface area contributed by atoms with Crippen LogP contribution in [0.15, 0.2) is 18.2 Å². The van der Waals surface area contributed by atoms with Gasteiger partial charge in [-0.3, -0.25) is 9.59 Å². The minimum atomic E-state index is -0.171. The van der Waals surface area contributed by atoms with Gasteiger partial charge in [-0.15, -0.1) is 0 Å². The van der Waals surface area contributed by atoms with Crippen molar-refractivity contribution in [1.29, 1.82) is 0 Å². The molecule has 0 unspecified atom stereocenters. The molecule has 0 radical (unpaired) electrons. The number of Topliss-reactive ketones (excluding diaryl/α,β-unsaturated/α-hetero) is 2. The number of methoxy groups -OCH3 is 1. The second-order valence-electron chi connectivity index (χ2n) is 5.66. The first-order valence-corrected chi connectivity index (χ1v) is 6.53. The van der Waals surface area contributed by atoms with Crippen LogP contribution < -0.4 is 4.74 Å². The van der Waals surface area contributed by atoms with E-state index < -0.39 is 0 Å². The van der Waals surface area contributed by atoms with Crippen molar-refractivity contribution in [3.05, 3.63) is 29.3 Å². The second kappa shape index (κ2) is 6.00. The van der Waals surface area contributed by atoms with Crippen LogP contribution in [0.5, 0.6) is 5.75 Å². The van der Waals surface area contributed by atoms with Gasteiger partial charge in [0.2, 0.25) is 0 Å². The lowest BCUT2D eigenvalue weighted by Gasteiger charge is -2.20. The van der Waals surface area contributed by atoms with Crippen molar-refractivity contribution in [3.8, 4) is 5.75 Å². The highest BCUT2D eigenvalue weighted by Gasteiger charge is 2.20. The first-order valence-electron chi connectivity index (χ1n) is 6.53. The molecule has 0 saturated carbocycles. The lowest BCUT2D eigenvalue weighted by atomic mass is 9.85. The van der Waals surface area contributed by atoms with E-state index >= 15 is 0 Å². The van der Waals surface area contributed by atoms with E-state index in [1.807, 2.05) is 12.1 Å². The Morgan fingerprint density at radius 3 is 2.32 bits per heavy atom. The van der Waals surface area contributed by atoms with Crippen LogP contribution in [0.25, 0.3) is 0 Å². The predicted octanol–water partition coefficient (Wildman–Crippen LogP) is 3.54. The zero-order valence-electron chi connectivity index (χ0n) is 12.4. The maximum atomic E-state index is 12.2. The smallest absolute Gasteiger partial charge is 0.173 e. The van der Waals surface area contributed by atoms with Gasteiger partial charge in [-0.1, -0.05) is 33.8 Å². The highest BCUT2D eigenvalue weighted by molar-refractivity contribution is 6.09. The third kappa shape index (κ3) is 3.91. The van der Waals surface area contributed by atoms with Gasteiger partial charge in [0, 0.05) is 6.42 Å². The van der Waals surface area contributed by atoms with Crippen molar-refractivity contribution in [3.63, 3.8) is 0 Å². The van der Waals surface area contributed by atoms with E-state index in [0.29, 0.717) is 17.7 Å². The van der Waals surface area contributed by atoms with Crippen molar-refractivity contribution < 1.29 is 14.3 Å². The summed E-state index contributed by atoms with van der Waals surface area (Å²) in [5.74, 6) is 0.310. The summed E-state index contributed by atoms with van der Waals surface area (Å²) >= 11 is 0. The zero-order chi connectivity index (χ0) is 14.6. The highest BCUT2D eigenvalue weighted by Crippen LogP contribution is 2.28. The summed E-state index contributed by atoms with van der Waals surface area (Å²) in [6, 6.07) is 5.59. The SMILES string of the molecule is CCC(=O)CC(=O)c1cc(C(C)(C)C)ccc1OC. The van der Waals surface area contributed by atoms with Crippen LogP contribution in [0.2, 0.25) is 0 Å². The van der Waals surface area contributed by atoms with Crippen LogP contribution in [0, 0.1) is 0 Å². The third-order valence-corrected chi connectivity index (χ3v) is 3.12.